The van der Waals surface area contributed by atoms with Crippen LogP contribution in [-0.2, 0) is 0 Å². The van der Waals surface area contributed by atoms with Crippen molar-refractivity contribution in [3.8, 4) is 11.5 Å². The van der Waals surface area contributed by atoms with Crippen LogP contribution >= 0.6 is 0 Å². The highest BCUT2D eigenvalue weighted by Crippen LogP contribution is 2.27. The number of piperazine rings is 1. The van der Waals surface area contributed by atoms with Gasteiger partial charge in [-0.3, -0.25) is 0 Å². The Kier molecular flexibility index (Phi) is 5.85. The summed E-state index contributed by atoms with van der Waals surface area (Å²) in [7, 11) is 2.17. The van der Waals surface area contributed by atoms with Crippen molar-refractivity contribution >= 4 is 0 Å². The smallest absolute Gasteiger partial charge is 0.120 e. The molecule has 3 N–H and O–H groups in total. The van der Waals surface area contributed by atoms with Crippen molar-refractivity contribution in [2.75, 3.05) is 46.3 Å². The minimum Gasteiger partial charge on any atom is -0.508 e. The first kappa shape index (κ1) is 16.1. The first-order chi connectivity index (χ1) is 10.1. The SMILES string of the molecule is CC(NCCCN1CCN(C)CC1)c1cc(O)ccc1O. The zero-order valence-electron chi connectivity index (χ0n) is 13.0. The highest BCUT2D eigenvalue weighted by atomic mass is 16.3. The molecule has 1 atom stereocenters. The van der Waals surface area contributed by atoms with E-state index in [1.54, 1.807) is 6.07 Å². The number of phenols is 2. The normalized spacial score (nSPS) is 18.8. The number of nitrogens with one attached hydrogen (secondary N) is 1. The number of benzene rings is 1. The number of likely N-dealkylation sites (N-methyl/N-ethyl adjacent to an activating group) is 1. The molecule has 1 aliphatic rings. The van der Waals surface area contributed by atoms with E-state index in [1.807, 2.05) is 6.92 Å². The molecule has 0 aromatic heterocycles. The Bertz CT molecular complexity index is 445. The van der Waals surface area contributed by atoms with Crippen molar-refractivity contribution in [3.05, 3.63) is 23.8 Å². The Morgan fingerprint density at radius 1 is 1.19 bits per heavy atom. The number of phenolic OH excluding ortho intramolecular Hbond substituents is 2. The molecule has 0 spiro atoms. The summed E-state index contributed by atoms with van der Waals surface area (Å²) in [5.41, 5.74) is 0.745. The van der Waals surface area contributed by atoms with Gasteiger partial charge in [0.15, 0.2) is 0 Å². The van der Waals surface area contributed by atoms with E-state index >= 15 is 0 Å². The zero-order valence-corrected chi connectivity index (χ0v) is 13.0. The fourth-order valence-electron chi connectivity index (χ4n) is 2.69. The summed E-state index contributed by atoms with van der Waals surface area (Å²) < 4.78 is 0. The van der Waals surface area contributed by atoms with E-state index in [-0.39, 0.29) is 17.5 Å². The van der Waals surface area contributed by atoms with Gasteiger partial charge in [-0.15, -0.1) is 0 Å². The molecular weight excluding hydrogens is 266 g/mol. The Balaban J connectivity index is 1.69. The van der Waals surface area contributed by atoms with Gasteiger partial charge in [-0.2, -0.15) is 0 Å². The van der Waals surface area contributed by atoms with Crippen LogP contribution in [0.2, 0.25) is 0 Å². The molecule has 0 saturated carbocycles. The summed E-state index contributed by atoms with van der Waals surface area (Å²) in [5.74, 6) is 0.417. The standard InChI is InChI=1S/C16H27N3O2/c1-13(15-12-14(20)4-5-16(15)21)17-6-3-7-19-10-8-18(2)9-11-19/h4-5,12-13,17,20-21H,3,6-11H2,1-2H3. The molecule has 118 valence electrons. The van der Waals surface area contributed by atoms with Crippen LogP contribution in [0.4, 0.5) is 0 Å². The molecule has 1 unspecified atom stereocenters. The van der Waals surface area contributed by atoms with E-state index in [0.717, 1.165) is 51.3 Å². The van der Waals surface area contributed by atoms with Crippen LogP contribution in [0.5, 0.6) is 11.5 Å². The summed E-state index contributed by atoms with van der Waals surface area (Å²) in [5, 5.41) is 22.7. The maximum absolute atomic E-state index is 9.83. The van der Waals surface area contributed by atoms with Crippen molar-refractivity contribution in [2.24, 2.45) is 0 Å². The molecular formula is C16H27N3O2. The lowest BCUT2D eigenvalue weighted by molar-refractivity contribution is 0.152. The topological polar surface area (TPSA) is 59.0 Å². The van der Waals surface area contributed by atoms with E-state index in [4.69, 9.17) is 0 Å². The molecule has 1 heterocycles. The maximum Gasteiger partial charge on any atom is 0.120 e. The summed E-state index contributed by atoms with van der Waals surface area (Å²) in [6, 6.07) is 4.68. The molecule has 0 aliphatic carbocycles. The fraction of sp³-hybridized carbons (Fsp3) is 0.625. The first-order valence-electron chi connectivity index (χ1n) is 7.72. The van der Waals surface area contributed by atoms with E-state index in [2.05, 4.69) is 22.2 Å². The van der Waals surface area contributed by atoms with Gasteiger partial charge in [0, 0.05) is 37.8 Å². The van der Waals surface area contributed by atoms with Gasteiger partial charge < -0.3 is 25.3 Å². The third-order valence-electron chi connectivity index (χ3n) is 4.18. The van der Waals surface area contributed by atoms with E-state index in [9.17, 15) is 10.2 Å². The van der Waals surface area contributed by atoms with Crippen molar-refractivity contribution in [1.29, 1.82) is 0 Å². The van der Waals surface area contributed by atoms with Crippen LogP contribution < -0.4 is 5.32 Å². The number of aromatic hydroxyl groups is 2. The third kappa shape index (κ3) is 4.88. The van der Waals surface area contributed by atoms with Gasteiger partial charge >= 0.3 is 0 Å². The Labute approximate surface area is 127 Å². The summed E-state index contributed by atoms with van der Waals surface area (Å²) in [6.07, 6.45) is 1.09. The molecule has 1 saturated heterocycles. The molecule has 5 nitrogen and oxygen atoms in total. The van der Waals surface area contributed by atoms with Crippen LogP contribution in [0, 0.1) is 0 Å². The lowest BCUT2D eigenvalue weighted by Crippen LogP contribution is -2.45. The minimum atomic E-state index is 0.0320. The predicted molar refractivity (Wildman–Crippen MR) is 84.7 cm³/mol. The van der Waals surface area contributed by atoms with Gasteiger partial charge in [0.05, 0.1) is 0 Å². The van der Waals surface area contributed by atoms with E-state index in [1.165, 1.54) is 12.1 Å². The second kappa shape index (κ2) is 7.64. The quantitative estimate of drug-likeness (QED) is 0.546. The lowest BCUT2D eigenvalue weighted by Gasteiger charge is -2.32. The summed E-state index contributed by atoms with van der Waals surface area (Å²) in [4.78, 5) is 4.86. The number of hydrogen-bond donors (Lipinski definition) is 3. The van der Waals surface area contributed by atoms with Crippen molar-refractivity contribution in [3.63, 3.8) is 0 Å². The second-order valence-electron chi connectivity index (χ2n) is 5.92. The first-order valence-corrected chi connectivity index (χ1v) is 7.72. The Morgan fingerprint density at radius 2 is 1.90 bits per heavy atom. The number of nitrogens with zero attached hydrogens (tertiary/aromatic N) is 2. The monoisotopic (exact) mass is 293 g/mol. The number of rotatable bonds is 6. The molecule has 1 aromatic rings. The zero-order chi connectivity index (χ0) is 15.2. The summed E-state index contributed by atoms with van der Waals surface area (Å²) in [6.45, 7) is 8.63. The van der Waals surface area contributed by atoms with Crippen LogP contribution in [0.25, 0.3) is 0 Å². The molecule has 1 aromatic carbocycles. The van der Waals surface area contributed by atoms with Gasteiger partial charge in [0.2, 0.25) is 0 Å². The highest BCUT2D eigenvalue weighted by molar-refractivity contribution is 5.40. The van der Waals surface area contributed by atoms with Crippen LogP contribution in [0.1, 0.15) is 24.9 Å². The minimum absolute atomic E-state index is 0.0320. The van der Waals surface area contributed by atoms with Crippen LogP contribution in [0.3, 0.4) is 0 Å². The largest absolute Gasteiger partial charge is 0.508 e. The molecule has 0 amide bonds. The Hall–Kier alpha value is -1.30. The van der Waals surface area contributed by atoms with Gasteiger partial charge in [0.25, 0.3) is 0 Å². The van der Waals surface area contributed by atoms with Crippen LogP contribution in [0.15, 0.2) is 18.2 Å². The molecule has 1 fully saturated rings. The third-order valence-corrected chi connectivity index (χ3v) is 4.18. The maximum atomic E-state index is 9.83. The molecule has 0 bridgehead atoms. The number of hydrogen-bond acceptors (Lipinski definition) is 5. The van der Waals surface area contributed by atoms with E-state index < -0.39 is 0 Å². The lowest BCUT2D eigenvalue weighted by atomic mass is 10.1. The van der Waals surface area contributed by atoms with E-state index in [0.29, 0.717) is 0 Å². The average molecular weight is 293 g/mol. The van der Waals surface area contributed by atoms with Crippen molar-refractivity contribution < 1.29 is 10.2 Å². The Morgan fingerprint density at radius 3 is 2.62 bits per heavy atom. The molecule has 1 aliphatic heterocycles. The van der Waals surface area contributed by atoms with Gasteiger partial charge in [-0.25, -0.2) is 0 Å². The molecule has 2 rings (SSSR count). The van der Waals surface area contributed by atoms with Gasteiger partial charge in [-0.1, -0.05) is 0 Å². The second-order valence-corrected chi connectivity index (χ2v) is 5.92. The van der Waals surface area contributed by atoms with Crippen LogP contribution in [-0.4, -0.2) is 66.3 Å². The molecule has 5 heteroatoms. The van der Waals surface area contributed by atoms with Gasteiger partial charge in [0.1, 0.15) is 11.5 Å². The average Bonchev–Trinajstić information content (AvgIpc) is 2.47. The molecule has 0 radical (unpaired) electrons. The fourth-order valence-corrected chi connectivity index (χ4v) is 2.69. The van der Waals surface area contributed by atoms with Crippen molar-refractivity contribution in [1.82, 2.24) is 15.1 Å². The van der Waals surface area contributed by atoms with Gasteiger partial charge in [-0.05, 0) is 51.7 Å². The highest BCUT2D eigenvalue weighted by Gasteiger charge is 2.14. The summed E-state index contributed by atoms with van der Waals surface area (Å²) >= 11 is 0. The van der Waals surface area contributed by atoms with Crippen molar-refractivity contribution in [2.45, 2.75) is 19.4 Å². The predicted octanol–water partition coefficient (Wildman–Crippen LogP) is 1.39. The molecule has 21 heavy (non-hydrogen) atoms.